The van der Waals surface area contributed by atoms with Crippen molar-refractivity contribution in [2.45, 2.75) is 33.2 Å². The van der Waals surface area contributed by atoms with E-state index < -0.39 is 0 Å². The summed E-state index contributed by atoms with van der Waals surface area (Å²) in [7, 11) is 0. The Kier molecular flexibility index (Phi) is 4.86. The standard InChI is InChI=1S/C17H20ClN/c1-3-14-6-5-7-15(4-2)17(14)19-12-13-8-10-16(18)11-9-13/h5-11,19H,3-4,12H2,1-2H3. The van der Waals surface area contributed by atoms with E-state index in [9.17, 15) is 0 Å². The number of hydrogen-bond donors (Lipinski definition) is 1. The summed E-state index contributed by atoms with van der Waals surface area (Å²) in [5, 5.41) is 4.36. The smallest absolute Gasteiger partial charge is 0.0407 e. The maximum atomic E-state index is 5.90. The lowest BCUT2D eigenvalue weighted by molar-refractivity contribution is 1.05. The van der Waals surface area contributed by atoms with Gasteiger partial charge >= 0.3 is 0 Å². The molecule has 0 amide bonds. The van der Waals surface area contributed by atoms with Crippen LogP contribution in [0.3, 0.4) is 0 Å². The maximum absolute atomic E-state index is 5.90. The molecule has 0 unspecified atom stereocenters. The number of benzene rings is 2. The molecule has 0 aliphatic rings. The summed E-state index contributed by atoms with van der Waals surface area (Å²) >= 11 is 5.90. The molecule has 0 saturated heterocycles. The highest BCUT2D eigenvalue weighted by Crippen LogP contribution is 2.23. The fraction of sp³-hybridized carbons (Fsp3) is 0.294. The summed E-state index contributed by atoms with van der Waals surface area (Å²) < 4.78 is 0. The average Bonchev–Trinajstić information content (AvgIpc) is 2.46. The van der Waals surface area contributed by atoms with Crippen molar-refractivity contribution in [1.82, 2.24) is 0 Å². The molecule has 100 valence electrons. The van der Waals surface area contributed by atoms with Crippen LogP contribution >= 0.6 is 11.6 Å². The first-order valence-electron chi connectivity index (χ1n) is 6.83. The van der Waals surface area contributed by atoms with Crippen molar-refractivity contribution in [2.24, 2.45) is 0 Å². The molecule has 2 heteroatoms. The van der Waals surface area contributed by atoms with Gasteiger partial charge in [-0.15, -0.1) is 0 Å². The second kappa shape index (κ2) is 6.63. The molecule has 0 aliphatic heterocycles. The Morgan fingerprint density at radius 3 is 2.00 bits per heavy atom. The zero-order valence-electron chi connectivity index (χ0n) is 11.5. The van der Waals surface area contributed by atoms with Crippen LogP contribution in [-0.2, 0) is 19.4 Å². The fourth-order valence-corrected chi connectivity index (χ4v) is 2.39. The van der Waals surface area contributed by atoms with Gasteiger partial charge in [-0.05, 0) is 41.7 Å². The summed E-state index contributed by atoms with van der Waals surface area (Å²) in [6.45, 7) is 5.23. The van der Waals surface area contributed by atoms with Crippen LogP contribution in [0.25, 0.3) is 0 Å². The Hall–Kier alpha value is -1.47. The average molecular weight is 274 g/mol. The van der Waals surface area contributed by atoms with Crippen molar-refractivity contribution in [1.29, 1.82) is 0 Å². The van der Waals surface area contributed by atoms with Crippen LogP contribution in [0.4, 0.5) is 5.69 Å². The SMILES string of the molecule is CCc1cccc(CC)c1NCc1ccc(Cl)cc1. The van der Waals surface area contributed by atoms with Gasteiger partial charge in [0.05, 0.1) is 0 Å². The number of nitrogens with one attached hydrogen (secondary N) is 1. The summed E-state index contributed by atoms with van der Waals surface area (Å²) in [5.74, 6) is 0. The first-order chi connectivity index (χ1) is 9.24. The molecule has 0 bridgehead atoms. The molecular formula is C17H20ClN. The van der Waals surface area contributed by atoms with Gasteiger partial charge in [-0.1, -0.05) is 55.8 Å². The van der Waals surface area contributed by atoms with Crippen molar-refractivity contribution in [2.75, 3.05) is 5.32 Å². The third-order valence-corrected chi connectivity index (χ3v) is 3.63. The summed E-state index contributed by atoms with van der Waals surface area (Å²) in [5.41, 5.74) is 5.31. The van der Waals surface area contributed by atoms with E-state index >= 15 is 0 Å². The van der Waals surface area contributed by atoms with Crippen LogP contribution in [0.1, 0.15) is 30.5 Å². The minimum atomic E-state index is 0.784. The third-order valence-electron chi connectivity index (χ3n) is 3.38. The molecule has 2 aromatic carbocycles. The number of hydrogen-bond acceptors (Lipinski definition) is 1. The zero-order chi connectivity index (χ0) is 13.7. The van der Waals surface area contributed by atoms with Crippen molar-refractivity contribution in [3.63, 3.8) is 0 Å². The highest BCUT2D eigenvalue weighted by molar-refractivity contribution is 6.30. The minimum Gasteiger partial charge on any atom is -0.381 e. The van der Waals surface area contributed by atoms with Gasteiger partial charge in [0.15, 0.2) is 0 Å². The molecule has 1 N–H and O–H groups in total. The number of halogens is 1. The van der Waals surface area contributed by atoms with E-state index in [-0.39, 0.29) is 0 Å². The topological polar surface area (TPSA) is 12.0 Å². The zero-order valence-corrected chi connectivity index (χ0v) is 12.3. The van der Waals surface area contributed by atoms with Gasteiger partial charge < -0.3 is 5.32 Å². The van der Waals surface area contributed by atoms with Crippen molar-refractivity contribution < 1.29 is 0 Å². The molecule has 19 heavy (non-hydrogen) atoms. The number of aryl methyl sites for hydroxylation is 2. The number of rotatable bonds is 5. The Balaban J connectivity index is 2.16. The fourth-order valence-electron chi connectivity index (χ4n) is 2.26. The minimum absolute atomic E-state index is 0.784. The van der Waals surface area contributed by atoms with Crippen molar-refractivity contribution in [3.05, 3.63) is 64.2 Å². The molecule has 0 aliphatic carbocycles. The molecule has 0 saturated carbocycles. The van der Waals surface area contributed by atoms with Crippen LogP contribution in [-0.4, -0.2) is 0 Å². The first kappa shape index (κ1) is 14.0. The molecule has 0 atom stereocenters. The Morgan fingerprint density at radius 1 is 0.895 bits per heavy atom. The van der Waals surface area contributed by atoms with Gasteiger partial charge in [0.2, 0.25) is 0 Å². The van der Waals surface area contributed by atoms with Crippen molar-refractivity contribution >= 4 is 17.3 Å². The highest BCUT2D eigenvalue weighted by atomic mass is 35.5. The second-order valence-corrected chi connectivity index (χ2v) is 5.07. The molecule has 0 aromatic heterocycles. The highest BCUT2D eigenvalue weighted by Gasteiger charge is 2.05. The normalized spacial score (nSPS) is 10.5. The first-order valence-corrected chi connectivity index (χ1v) is 7.21. The van der Waals surface area contributed by atoms with E-state index in [1.165, 1.54) is 22.4 Å². The van der Waals surface area contributed by atoms with E-state index in [0.717, 1.165) is 24.4 Å². The Bertz CT molecular complexity index is 509. The summed E-state index contributed by atoms with van der Waals surface area (Å²) in [6.07, 6.45) is 2.10. The Labute approximate surface area is 120 Å². The third kappa shape index (κ3) is 3.51. The second-order valence-electron chi connectivity index (χ2n) is 4.64. The van der Waals surface area contributed by atoms with Crippen LogP contribution < -0.4 is 5.32 Å². The molecule has 0 spiro atoms. The van der Waals surface area contributed by atoms with Gasteiger partial charge in [-0.3, -0.25) is 0 Å². The van der Waals surface area contributed by atoms with E-state index in [0.29, 0.717) is 0 Å². The van der Waals surface area contributed by atoms with Gasteiger partial charge in [-0.2, -0.15) is 0 Å². The molecule has 1 nitrogen and oxygen atoms in total. The lowest BCUT2D eigenvalue weighted by atomic mass is 10.0. The van der Waals surface area contributed by atoms with Crippen LogP contribution in [0.15, 0.2) is 42.5 Å². The van der Waals surface area contributed by atoms with Crippen LogP contribution in [0, 0.1) is 0 Å². The van der Waals surface area contributed by atoms with Crippen LogP contribution in [0.5, 0.6) is 0 Å². The quantitative estimate of drug-likeness (QED) is 0.801. The molecular weight excluding hydrogens is 254 g/mol. The van der Waals surface area contributed by atoms with Gasteiger partial charge in [-0.25, -0.2) is 0 Å². The molecule has 2 rings (SSSR count). The van der Waals surface area contributed by atoms with E-state index in [4.69, 9.17) is 11.6 Å². The van der Waals surface area contributed by atoms with E-state index in [2.05, 4.69) is 49.5 Å². The molecule has 2 aromatic rings. The van der Waals surface area contributed by atoms with E-state index in [1.54, 1.807) is 0 Å². The monoisotopic (exact) mass is 273 g/mol. The lowest BCUT2D eigenvalue weighted by Crippen LogP contribution is -2.05. The maximum Gasteiger partial charge on any atom is 0.0407 e. The summed E-state index contributed by atoms with van der Waals surface area (Å²) in [6, 6.07) is 14.5. The summed E-state index contributed by atoms with van der Waals surface area (Å²) in [4.78, 5) is 0. The predicted octanol–water partition coefficient (Wildman–Crippen LogP) is 5.08. The van der Waals surface area contributed by atoms with Crippen molar-refractivity contribution in [3.8, 4) is 0 Å². The van der Waals surface area contributed by atoms with E-state index in [1.807, 2.05) is 12.1 Å². The molecule has 0 fully saturated rings. The van der Waals surface area contributed by atoms with Gasteiger partial charge in [0, 0.05) is 17.3 Å². The van der Waals surface area contributed by atoms with Crippen LogP contribution in [0.2, 0.25) is 5.02 Å². The molecule has 0 heterocycles. The Morgan fingerprint density at radius 2 is 1.47 bits per heavy atom. The van der Waals surface area contributed by atoms with Gasteiger partial charge in [0.1, 0.15) is 0 Å². The largest absolute Gasteiger partial charge is 0.381 e. The van der Waals surface area contributed by atoms with Gasteiger partial charge in [0.25, 0.3) is 0 Å². The number of anilines is 1. The predicted molar refractivity (Wildman–Crippen MR) is 84.0 cm³/mol. The number of para-hydroxylation sites is 1. The lowest BCUT2D eigenvalue weighted by Gasteiger charge is -2.15. The molecule has 0 radical (unpaired) electrons.